The fourth-order valence-corrected chi connectivity index (χ4v) is 3.59. The van der Waals surface area contributed by atoms with Gasteiger partial charge in [-0.05, 0) is 29.3 Å². The van der Waals surface area contributed by atoms with Crippen molar-refractivity contribution in [2.75, 3.05) is 12.8 Å². The van der Waals surface area contributed by atoms with Crippen LogP contribution in [0.1, 0.15) is 27.0 Å². The fourth-order valence-electron chi connectivity index (χ4n) is 3.59. The average molecular weight is 520 g/mol. The number of hydrogen-bond donors (Lipinski definition) is 2. The number of rotatable bonds is 8. The van der Waals surface area contributed by atoms with Crippen LogP contribution in [0.15, 0.2) is 71.7 Å². The van der Waals surface area contributed by atoms with Crippen molar-refractivity contribution in [3.05, 3.63) is 111 Å². The van der Waals surface area contributed by atoms with E-state index in [1.54, 1.807) is 24.3 Å². The molecule has 194 valence electrons. The zero-order valence-electron chi connectivity index (χ0n) is 20.1. The van der Waals surface area contributed by atoms with Gasteiger partial charge in [-0.25, -0.2) is 18.6 Å². The number of benzene rings is 2. The number of nitrogen functional groups attached to an aromatic ring is 1. The zero-order valence-corrected chi connectivity index (χ0v) is 20.1. The van der Waals surface area contributed by atoms with E-state index < -0.39 is 34.6 Å². The zero-order chi connectivity index (χ0) is 27.2. The van der Waals surface area contributed by atoms with Gasteiger partial charge in [0.1, 0.15) is 23.8 Å². The summed E-state index contributed by atoms with van der Waals surface area (Å²) in [5.74, 6) is -3.11. The molecule has 0 atom stereocenters. The smallest absolute Gasteiger partial charge is 0.330 e. The Labute approximate surface area is 215 Å². The van der Waals surface area contributed by atoms with E-state index >= 15 is 0 Å². The lowest BCUT2D eigenvalue weighted by atomic mass is 10.1. The van der Waals surface area contributed by atoms with Gasteiger partial charge in [-0.2, -0.15) is 0 Å². The van der Waals surface area contributed by atoms with E-state index in [9.17, 15) is 23.2 Å². The molecule has 2 heterocycles. The third-order valence-corrected chi connectivity index (χ3v) is 5.54. The highest BCUT2D eigenvalue weighted by molar-refractivity contribution is 6.06. The van der Waals surface area contributed by atoms with Crippen molar-refractivity contribution in [3.63, 3.8) is 0 Å². The van der Waals surface area contributed by atoms with Crippen LogP contribution in [0.3, 0.4) is 0 Å². The minimum absolute atomic E-state index is 0.0108. The number of methoxy groups -OCH3 is 1. The van der Waals surface area contributed by atoms with Gasteiger partial charge in [0, 0.05) is 35.8 Å². The van der Waals surface area contributed by atoms with Crippen molar-refractivity contribution in [2.24, 2.45) is 0 Å². The maximum absolute atomic E-state index is 14.0. The molecule has 0 spiro atoms. The van der Waals surface area contributed by atoms with E-state index in [2.05, 4.69) is 15.0 Å². The van der Waals surface area contributed by atoms with E-state index in [0.29, 0.717) is 11.6 Å². The van der Waals surface area contributed by atoms with Crippen LogP contribution in [0.5, 0.6) is 0 Å². The van der Waals surface area contributed by atoms with Crippen molar-refractivity contribution in [1.29, 1.82) is 0 Å². The van der Waals surface area contributed by atoms with E-state index in [0.717, 1.165) is 16.4 Å². The summed E-state index contributed by atoms with van der Waals surface area (Å²) in [7, 11) is 1.23. The number of carbonyl (C=O) groups excluding carboxylic acids is 2. The standard InChI is InChI=1S/C27H22F2N4O5/c1-37-22(34)10-7-17-11-20-24(30)23(26(35)32-14-18-8-9-19(28)12-21(18)29)27(36)33(25(20)31-13-17)38-15-16-5-3-2-4-6-16/h2-13H,14-15,30H2,1H3,(H,32,35). The molecule has 0 radical (unpaired) electrons. The molecule has 0 bridgehead atoms. The number of fused-ring (bicyclic) bond motifs is 1. The minimum Gasteiger partial charge on any atom is -0.466 e. The largest absolute Gasteiger partial charge is 0.466 e. The Morgan fingerprint density at radius 1 is 1.13 bits per heavy atom. The van der Waals surface area contributed by atoms with Gasteiger partial charge in [-0.15, -0.1) is 4.73 Å². The molecule has 11 heteroatoms. The summed E-state index contributed by atoms with van der Waals surface area (Å²) in [6, 6.07) is 13.4. The first kappa shape index (κ1) is 26.0. The number of carbonyl (C=O) groups is 2. The maximum atomic E-state index is 14.0. The molecule has 1 amide bonds. The second kappa shape index (κ2) is 11.3. The van der Waals surface area contributed by atoms with Crippen LogP contribution in [0.25, 0.3) is 17.1 Å². The van der Waals surface area contributed by atoms with E-state index in [1.807, 2.05) is 6.07 Å². The van der Waals surface area contributed by atoms with Crippen molar-refractivity contribution in [2.45, 2.75) is 13.2 Å². The Morgan fingerprint density at radius 3 is 2.61 bits per heavy atom. The van der Waals surface area contributed by atoms with E-state index in [1.165, 1.54) is 37.6 Å². The van der Waals surface area contributed by atoms with E-state index in [4.69, 9.17) is 10.6 Å². The van der Waals surface area contributed by atoms with E-state index in [-0.39, 0.29) is 35.4 Å². The Hall–Kier alpha value is -5.06. The number of esters is 1. The van der Waals surface area contributed by atoms with Crippen LogP contribution in [-0.4, -0.2) is 28.7 Å². The predicted molar refractivity (Wildman–Crippen MR) is 136 cm³/mol. The number of halogens is 2. The summed E-state index contributed by atoms with van der Waals surface area (Å²) >= 11 is 0. The molecule has 0 aliphatic rings. The Morgan fingerprint density at radius 2 is 1.89 bits per heavy atom. The van der Waals surface area contributed by atoms with Crippen LogP contribution >= 0.6 is 0 Å². The molecular weight excluding hydrogens is 498 g/mol. The summed E-state index contributed by atoms with van der Waals surface area (Å²) in [5, 5.41) is 2.64. The van der Waals surface area contributed by atoms with Gasteiger partial charge in [-0.3, -0.25) is 9.59 Å². The fraction of sp³-hybridized carbons (Fsp3) is 0.111. The highest BCUT2D eigenvalue weighted by Crippen LogP contribution is 2.23. The molecule has 9 nitrogen and oxygen atoms in total. The lowest BCUT2D eigenvalue weighted by molar-refractivity contribution is -0.134. The molecule has 0 fully saturated rings. The molecule has 38 heavy (non-hydrogen) atoms. The number of nitrogens with zero attached hydrogens (tertiary/aromatic N) is 2. The van der Waals surface area contributed by atoms with Gasteiger partial charge in [0.2, 0.25) is 0 Å². The first-order valence-electron chi connectivity index (χ1n) is 11.3. The van der Waals surface area contributed by atoms with Gasteiger partial charge in [0.15, 0.2) is 5.65 Å². The molecule has 2 aromatic heterocycles. The number of amides is 1. The van der Waals surface area contributed by atoms with Crippen molar-refractivity contribution in [3.8, 4) is 0 Å². The number of nitrogens with two attached hydrogens (primary N) is 1. The first-order valence-corrected chi connectivity index (χ1v) is 11.3. The summed E-state index contributed by atoms with van der Waals surface area (Å²) in [6.45, 7) is -0.347. The highest BCUT2D eigenvalue weighted by Gasteiger charge is 2.23. The first-order chi connectivity index (χ1) is 18.3. The summed E-state index contributed by atoms with van der Waals surface area (Å²) in [6.07, 6.45) is 3.99. The van der Waals surface area contributed by atoms with Crippen LogP contribution in [-0.2, 0) is 22.7 Å². The van der Waals surface area contributed by atoms with Crippen molar-refractivity contribution in [1.82, 2.24) is 15.0 Å². The molecule has 0 aliphatic heterocycles. The molecule has 0 saturated carbocycles. The lowest BCUT2D eigenvalue weighted by Gasteiger charge is -2.16. The molecule has 3 N–H and O–H groups in total. The molecule has 0 aliphatic carbocycles. The lowest BCUT2D eigenvalue weighted by Crippen LogP contribution is -2.37. The van der Waals surface area contributed by atoms with Gasteiger partial charge >= 0.3 is 5.97 Å². The SMILES string of the molecule is COC(=O)C=Cc1cnc2c(c1)c(N)c(C(=O)NCc1ccc(F)cc1F)c(=O)n2OCc1ccccc1. The average Bonchev–Trinajstić information content (AvgIpc) is 2.91. The molecular formula is C27H22F2N4O5. The van der Waals surface area contributed by atoms with Gasteiger partial charge in [0.25, 0.3) is 11.5 Å². The number of pyridine rings is 2. The van der Waals surface area contributed by atoms with Gasteiger partial charge in [-0.1, -0.05) is 36.4 Å². The van der Waals surface area contributed by atoms with Crippen molar-refractivity contribution < 1.29 is 27.9 Å². The van der Waals surface area contributed by atoms with Crippen LogP contribution in [0.4, 0.5) is 14.5 Å². The second-order valence-corrected chi connectivity index (χ2v) is 8.06. The second-order valence-electron chi connectivity index (χ2n) is 8.06. The highest BCUT2D eigenvalue weighted by atomic mass is 19.1. The Bertz CT molecular complexity index is 1600. The molecule has 0 saturated heterocycles. The third kappa shape index (κ3) is 5.67. The van der Waals surface area contributed by atoms with Crippen LogP contribution in [0, 0.1) is 11.6 Å². The molecule has 4 rings (SSSR count). The molecule has 0 unspecified atom stereocenters. The predicted octanol–water partition coefficient (Wildman–Crippen LogP) is 3.00. The summed E-state index contributed by atoms with van der Waals surface area (Å²) < 4.78 is 32.7. The monoisotopic (exact) mass is 520 g/mol. The Balaban J connectivity index is 1.76. The normalized spacial score (nSPS) is 11.0. The number of hydrogen-bond acceptors (Lipinski definition) is 7. The van der Waals surface area contributed by atoms with Crippen molar-refractivity contribution >= 4 is 34.7 Å². The van der Waals surface area contributed by atoms with Gasteiger partial charge in [0.05, 0.1) is 12.8 Å². The summed E-state index contributed by atoms with van der Waals surface area (Å²) in [4.78, 5) is 48.0. The summed E-state index contributed by atoms with van der Waals surface area (Å²) in [5.41, 5.74) is 5.96. The molecule has 2 aromatic carbocycles. The molecule has 4 aromatic rings. The maximum Gasteiger partial charge on any atom is 0.330 e. The number of aromatic nitrogens is 2. The third-order valence-electron chi connectivity index (χ3n) is 5.54. The number of anilines is 1. The Kier molecular flexibility index (Phi) is 7.76. The minimum atomic E-state index is -0.898. The topological polar surface area (TPSA) is 126 Å². The number of ether oxygens (including phenoxy) is 1. The van der Waals surface area contributed by atoms with Gasteiger partial charge < -0.3 is 20.6 Å². The van der Waals surface area contributed by atoms with Crippen LogP contribution in [0.2, 0.25) is 0 Å². The van der Waals surface area contributed by atoms with Crippen LogP contribution < -0.4 is 21.4 Å². The quantitative estimate of drug-likeness (QED) is 0.270. The number of nitrogens with one attached hydrogen (secondary N) is 1.